The lowest BCUT2D eigenvalue weighted by atomic mass is 10.3. The fraction of sp³-hybridized carbons (Fsp3) is 0.750. The minimum Gasteiger partial charge on any atom is -0.334 e. The van der Waals surface area contributed by atoms with E-state index in [1.165, 1.54) is 0 Å². The van der Waals surface area contributed by atoms with Gasteiger partial charge in [0.2, 0.25) is 0 Å². The Morgan fingerprint density at radius 2 is 2.25 bits per heavy atom. The average molecular weight is 169 g/mol. The molecule has 0 radical (unpaired) electrons. The number of hydrogen-bond donors (Lipinski definition) is 2. The maximum Gasteiger partial charge on any atom is 0.335 e. The second kappa shape index (κ2) is 4.09. The normalized spacial score (nSPS) is 17.3. The third-order valence-electron chi connectivity index (χ3n) is 1.77. The summed E-state index contributed by atoms with van der Waals surface area (Å²) in [7, 11) is 0. The van der Waals surface area contributed by atoms with Crippen molar-refractivity contribution in [3.8, 4) is 0 Å². The molecule has 2 amide bonds. The Morgan fingerprint density at radius 1 is 1.58 bits per heavy atom. The van der Waals surface area contributed by atoms with Crippen LogP contribution in [0.5, 0.6) is 0 Å². The number of carbonyl (C=O) groups is 1. The lowest BCUT2D eigenvalue weighted by Crippen LogP contribution is -2.34. The molecule has 1 aliphatic carbocycles. The Labute approximate surface area is 72.4 Å². The number of nitrogens with zero attached hydrogens (tertiary/aromatic N) is 1. The van der Waals surface area contributed by atoms with Gasteiger partial charge in [-0.15, -0.1) is 0 Å². The monoisotopic (exact) mass is 169 g/mol. The number of rotatable bonds is 3. The van der Waals surface area contributed by atoms with Crippen LogP contribution < -0.4 is 10.7 Å². The lowest BCUT2D eigenvalue weighted by molar-refractivity contribution is 0.241. The van der Waals surface area contributed by atoms with Crippen LogP contribution in [0.1, 0.15) is 33.1 Å². The third-order valence-corrected chi connectivity index (χ3v) is 1.77. The Bertz CT molecular complexity index is 196. The molecule has 0 atom stereocenters. The summed E-state index contributed by atoms with van der Waals surface area (Å²) in [6.45, 7) is 3.89. The highest BCUT2D eigenvalue weighted by Gasteiger charge is 2.22. The maximum absolute atomic E-state index is 11.0. The van der Waals surface area contributed by atoms with Gasteiger partial charge in [-0.3, -0.25) is 0 Å². The van der Waals surface area contributed by atoms with Crippen LogP contribution in [0, 0.1) is 0 Å². The van der Waals surface area contributed by atoms with Gasteiger partial charge in [-0.25, -0.2) is 10.2 Å². The molecule has 2 N–H and O–H groups in total. The molecular formula is C8H15N3O. The van der Waals surface area contributed by atoms with Gasteiger partial charge in [-0.1, -0.05) is 6.92 Å². The predicted molar refractivity (Wildman–Crippen MR) is 48.1 cm³/mol. The fourth-order valence-electron chi connectivity index (χ4n) is 0.671. The Hall–Kier alpha value is -1.06. The van der Waals surface area contributed by atoms with Crippen molar-refractivity contribution in [1.82, 2.24) is 10.7 Å². The molecule has 1 aliphatic rings. The zero-order valence-electron chi connectivity index (χ0n) is 7.55. The molecule has 0 heterocycles. The van der Waals surface area contributed by atoms with Gasteiger partial charge >= 0.3 is 6.03 Å². The van der Waals surface area contributed by atoms with Gasteiger partial charge in [-0.05, 0) is 26.2 Å². The van der Waals surface area contributed by atoms with Crippen LogP contribution in [0.3, 0.4) is 0 Å². The van der Waals surface area contributed by atoms with E-state index >= 15 is 0 Å². The van der Waals surface area contributed by atoms with Crippen molar-refractivity contribution >= 4 is 11.7 Å². The molecule has 12 heavy (non-hydrogen) atoms. The highest BCUT2D eigenvalue weighted by atomic mass is 16.2. The second-order valence-corrected chi connectivity index (χ2v) is 3.06. The summed E-state index contributed by atoms with van der Waals surface area (Å²) in [4.78, 5) is 11.0. The number of hydrogen-bond acceptors (Lipinski definition) is 2. The van der Waals surface area contributed by atoms with E-state index in [1.54, 1.807) is 0 Å². The van der Waals surface area contributed by atoms with Crippen LogP contribution in [0.15, 0.2) is 5.10 Å². The van der Waals surface area contributed by atoms with E-state index in [0.717, 1.165) is 25.0 Å². The smallest absolute Gasteiger partial charge is 0.334 e. The first-order chi connectivity index (χ1) is 5.72. The van der Waals surface area contributed by atoms with E-state index in [4.69, 9.17) is 0 Å². The summed E-state index contributed by atoms with van der Waals surface area (Å²) in [6, 6.07) is 0.201. The summed E-state index contributed by atoms with van der Waals surface area (Å²) >= 11 is 0. The molecule has 1 rings (SSSR count). The largest absolute Gasteiger partial charge is 0.335 e. The van der Waals surface area contributed by atoms with Gasteiger partial charge in [-0.2, -0.15) is 5.10 Å². The summed E-state index contributed by atoms with van der Waals surface area (Å²) in [5.41, 5.74) is 3.37. The van der Waals surface area contributed by atoms with Crippen molar-refractivity contribution in [2.75, 3.05) is 0 Å². The maximum atomic E-state index is 11.0. The number of amides is 2. The minimum absolute atomic E-state index is 0.190. The van der Waals surface area contributed by atoms with Crippen LogP contribution in [0.25, 0.3) is 0 Å². The lowest BCUT2D eigenvalue weighted by Gasteiger charge is -2.01. The molecule has 68 valence electrons. The van der Waals surface area contributed by atoms with Gasteiger partial charge in [0.05, 0.1) is 0 Å². The van der Waals surface area contributed by atoms with Crippen LogP contribution in [-0.2, 0) is 0 Å². The van der Waals surface area contributed by atoms with E-state index in [0.29, 0.717) is 6.04 Å². The third kappa shape index (κ3) is 3.37. The molecule has 0 saturated heterocycles. The molecule has 1 saturated carbocycles. The number of hydrazone groups is 1. The molecule has 0 unspecified atom stereocenters. The molecular weight excluding hydrogens is 154 g/mol. The van der Waals surface area contributed by atoms with Crippen LogP contribution >= 0.6 is 0 Å². The number of nitrogens with one attached hydrogen (secondary N) is 2. The van der Waals surface area contributed by atoms with Crippen molar-refractivity contribution in [3.05, 3.63) is 0 Å². The van der Waals surface area contributed by atoms with E-state index in [2.05, 4.69) is 15.8 Å². The standard InChI is InChI=1S/C8H15N3O/c1-3-6(2)10-11-8(12)9-7-4-5-7/h7H,3-5H2,1-2H3,(H2,9,11,12)/b10-6+. The van der Waals surface area contributed by atoms with Gasteiger partial charge in [0.25, 0.3) is 0 Å². The molecule has 0 bridgehead atoms. The van der Waals surface area contributed by atoms with Crippen molar-refractivity contribution in [2.45, 2.75) is 39.2 Å². The van der Waals surface area contributed by atoms with Crippen molar-refractivity contribution in [3.63, 3.8) is 0 Å². The summed E-state index contributed by atoms with van der Waals surface area (Å²) < 4.78 is 0. The molecule has 0 spiro atoms. The molecule has 0 aromatic rings. The molecule has 4 heteroatoms. The van der Waals surface area contributed by atoms with E-state index in [1.807, 2.05) is 13.8 Å². The summed E-state index contributed by atoms with van der Waals surface area (Å²) in [6.07, 6.45) is 3.07. The van der Waals surface area contributed by atoms with Crippen molar-refractivity contribution < 1.29 is 4.79 Å². The first-order valence-corrected chi connectivity index (χ1v) is 4.32. The number of carbonyl (C=O) groups excluding carboxylic acids is 1. The van der Waals surface area contributed by atoms with E-state index in [9.17, 15) is 4.79 Å². The summed E-state index contributed by atoms with van der Waals surface area (Å²) in [5, 5.41) is 6.65. The SMILES string of the molecule is CC/C(C)=N/NC(=O)NC1CC1. The molecule has 4 nitrogen and oxygen atoms in total. The van der Waals surface area contributed by atoms with Crippen molar-refractivity contribution in [2.24, 2.45) is 5.10 Å². The predicted octanol–water partition coefficient (Wildman–Crippen LogP) is 1.23. The quantitative estimate of drug-likeness (QED) is 0.484. The van der Waals surface area contributed by atoms with Crippen molar-refractivity contribution in [1.29, 1.82) is 0 Å². The highest BCUT2D eigenvalue weighted by molar-refractivity contribution is 5.83. The van der Waals surface area contributed by atoms with Gasteiger partial charge < -0.3 is 5.32 Å². The van der Waals surface area contributed by atoms with Crippen LogP contribution in [0.2, 0.25) is 0 Å². The van der Waals surface area contributed by atoms with E-state index < -0.39 is 0 Å². The minimum atomic E-state index is -0.190. The molecule has 0 aromatic heterocycles. The molecule has 0 aliphatic heterocycles. The molecule has 0 aromatic carbocycles. The number of urea groups is 1. The Kier molecular flexibility index (Phi) is 3.08. The second-order valence-electron chi connectivity index (χ2n) is 3.06. The Morgan fingerprint density at radius 3 is 2.75 bits per heavy atom. The topological polar surface area (TPSA) is 53.5 Å². The van der Waals surface area contributed by atoms with Gasteiger partial charge in [0, 0.05) is 11.8 Å². The average Bonchev–Trinajstić information content (AvgIpc) is 2.84. The zero-order valence-corrected chi connectivity index (χ0v) is 7.55. The summed E-state index contributed by atoms with van der Waals surface area (Å²) in [5.74, 6) is 0. The van der Waals surface area contributed by atoms with Crippen LogP contribution in [-0.4, -0.2) is 17.8 Å². The van der Waals surface area contributed by atoms with Gasteiger partial charge in [0.15, 0.2) is 0 Å². The first kappa shape index (κ1) is 9.03. The van der Waals surface area contributed by atoms with Crippen LogP contribution in [0.4, 0.5) is 4.79 Å². The first-order valence-electron chi connectivity index (χ1n) is 4.32. The molecule has 1 fully saturated rings. The van der Waals surface area contributed by atoms with E-state index in [-0.39, 0.29) is 6.03 Å². The highest BCUT2D eigenvalue weighted by Crippen LogP contribution is 2.18. The zero-order chi connectivity index (χ0) is 8.97. The van der Waals surface area contributed by atoms with Gasteiger partial charge in [0.1, 0.15) is 0 Å². The fourth-order valence-corrected chi connectivity index (χ4v) is 0.671. The Balaban J connectivity index is 2.16.